The molecule has 1 fully saturated rings. The SMILES string of the molecule is CCN1CCN(C(C(N)=S)c2cccs2)CC1. The number of likely N-dealkylation sites (N-methyl/N-ethyl adjacent to an activating group) is 1. The fraction of sp³-hybridized carbons (Fsp3) is 0.583. The molecule has 94 valence electrons. The second-order valence-corrected chi connectivity index (χ2v) is 5.74. The molecule has 1 aliphatic heterocycles. The Hall–Kier alpha value is -0.490. The van der Waals surface area contributed by atoms with E-state index in [1.165, 1.54) is 4.88 Å². The summed E-state index contributed by atoms with van der Waals surface area (Å²) in [5.41, 5.74) is 5.91. The van der Waals surface area contributed by atoms with Gasteiger partial charge in [-0.3, -0.25) is 4.90 Å². The van der Waals surface area contributed by atoms with Crippen molar-refractivity contribution < 1.29 is 0 Å². The molecule has 0 bridgehead atoms. The zero-order valence-electron chi connectivity index (χ0n) is 10.1. The van der Waals surface area contributed by atoms with Crippen LogP contribution in [0.1, 0.15) is 17.8 Å². The molecule has 0 radical (unpaired) electrons. The lowest BCUT2D eigenvalue weighted by Gasteiger charge is -2.38. The highest BCUT2D eigenvalue weighted by Gasteiger charge is 2.26. The first-order chi connectivity index (χ1) is 8.22. The van der Waals surface area contributed by atoms with E-state index < -0.39 is 0 Å². The van der Waals surface area contributed by atoms with Gasteiger partial charge >= 0.3 is 0 Å². The number of nitrogens with zero attached hydrogens (tertiary/aromatic N) is 2. The van der Waals surface area contributed by atoms with E-state index in [0.29, 0.717) is 4.99 Å². The fourth-order valence-corrected chi connectivity index (χ4v) is 3.51. The van der Waals surface area contributed by atoms with Crippen LogP contribution < -0.4 is 5.73 Å². The van der Waals surface area contributed by atoms with Crippen molar-refractivity contribution in [2.75, 3.05) is 32.7 Å². The van der Waals surface area contributed by atoms with Gasteiger partial charge in [0.2, 0.25) is 0 Å². The average Bonchev–Trinajstić information content (AvgIpc) is 2.83. The summed E-state index contributed by atoms with van der Waals surface area (Å²) in [6.45, 7) is 7.66. The third kappa shape index (κ3) is 3.04. The van der Waals surface area contributed by atoms with Gasteiger partial charge in [-0.2, -0.15) is 0 Å². The highest BCUT2D eigenvalue weighted by atomic mass is 32.1. The van der Waals surface area contributed by atoms with Crippen molar-refractivity contribution in [3.63, 3.8) is 0 Å². The third-order valence-electron chi connectivity index (χ3n) is 3.30. The molecule has 5 heteroatoms. The molecule has 2 N–H and O–H groups in total. The zero-order chi connectivity index (χ0) is 12.3. The van der Waals surface area contributed by atoms with Crippen molar-refractivity contribution in [1.29, 1.82) is 0 Å². The topological polar surface area (TPSA) is 32.5 Å². The van der Waals surface area contributed by atoms with Gasteiger partial charge in [-0.15, -0.1) is 11.3 Å². The Balaban J connectivity index is 2.06. The van der Waals surface area contributed by atoms with Crippen LogP contribution in [0, 0.1) is 0 Å². The van der Waals surface area contributed by atoms with Crippen LogP contribution in [-0.4, -0.2) is 47.5 Å². The number of piperazine rings is 1. The van der Waals surface area contributed by atoms with Gasteiger partial charge in [0, 0.05) is 31.1 Å². The molecule has 17 heavy (non-hydrogen) atoms. The molecule has 1 aromatic rings. The number of rotatable bonds is 4. The third-order valence-corrected chi connectivity index (χ3v) is 4.45. The summed E-state index contributed by atoms with van der Waals surface area (Å²) >= 11 is 6.97. The van der Waals surface area contributed by atoms with Gasteiger partial charge in [0.05, 0.1) is 11.0 Å². The molecular weight excluding hydrogens is 250 g/mol. The zero-order valence-corrected chi connectivity index (χ0v) is 11.8. The Bertz CT molecular complexity index is 356. The molecule has 0 amide bonds. The van der Waals surface area contributed by atoms with Gasteiger partial charge in [0.25, 0.3) is 0 Å². The monoisotopic (exact) mass is 269 g/mol. The Morgan fingerprint density at radius 2 is 2.18 bits per heavy atom. The Morgan fingerprint density at radius 1 is 1.47 bits per heavy atom. The summed E-state index contributed by atoms with van der Waals surface area (Å²) in [6, 6.07) is 4.32. The number of nitrogens with two attached hydrogens (primary N) is 1. The maximum absolute atomic E-state index is 5.91. The number of hydrogen-bond acceptors (Lipinski definition) is 4. The quantitative estimate of drug-likeness (QED) is 0.844. The molecule has 0 spiro atoms. The van der Waals surface area contributed by atoms with Crippen molar-refractivity contribution in [3.8, 4) is 0 Å². The predicted octanol–water partition coefficient (Wildman–Crippen LogP) is 1.71. The van der Waals surface area contributed by atoms with Crippen molar-refractivity contribution in [2.24, 2.45) is 5.73 Å². The van der Waals surface area contributed by atoms with Crippen molar-refractivity contribution in [2.45, 2.75) is 13.0 Å². The van der Waals surface area contributed by atoms with Gasteiger partial charge in [0.1, 0.15) is 0 Å². The number of thiophene rings is 1. The van der Waals surface area contributed by atoms with E-state index >= 15 is 0 Å². The van der Waals surface area contributed by atoms with Crippen molar-refractivity contribution in [3.05, 3.63) is 22.4 Å². The molecule has 1 aromatic heterocycles. The molecular formula is C12H19N3S2. The first kappa shape index (κ1) is 13.0. The lowest BCUT2D eigenvalue weighted by molar-refractivity contribution is 0.123. The van der Waals surface area contributed by atoms with E-state index in [-0.39, 0.29) is 6.04 Å². The number of hydrogen-bond donors (Lipinski definition) is 1. The predicted molar refractivity (Wildman–Crippen MR) is 77.5 cm³/mol. The molecule has 0 saturated carbocycles. The molecule has 2 heterocycles. The second-order valence-electron chi connectivity index (χ2n) is 4.29. The lowest BCUT2D eigenvalue weighted by atomic mass is 10.1. The molecule has 0 aliphatic carbocycles. The molecule has 1 aliphatic rings. The standard InChI is InChI=1S/C12H19N3S2/c1-2-14-5-7-15(8-6-14)11(12(13)16)10-4-3-9-17-10/h3-4,9,11H,2,5-8H2,1H3,(H2,13,16). The highest BCUT2D eigenvalue weighted by Crippen LogP contribution is 2.26. The molecule has 1 atom stereocenters. The van der Waals surface area contributed by atoms with Crippen LogP contribution in [0.3, 0.4) is 0 Å². The molecule has 1 saturated heterocycles. The normalized spacial score (nSPS) is 20.3. The minimum atomic E-state index is 0.129. The van der Waals surface area contributed by atoms with E-state index in [0.717, 1.165) is 32.7 Å². The van der Waals surface area contributed by atoms with Crippen LogP contribution in [0.2, 0.25) is 0 Å². The summed E-state index contributed by atoms with van der Waals surface area (Å²) in [4.78, 5) is 6.72. The van der Waals surface area contributed by atoms with Crippen LogP contribution in [-0.2, 0) is 0 Å². The van der Waals surface area contributed by atoms with Gasteiger partial charge in [0.15, 0.2) is 0 Å². The Kier molecular flexibility index (Phi) is 4.50. The van der Waals surface area contributed by atoms with Crippen molar-refractivity contribution >= 4 is 28.5 Å². The smallest absolute Gasteiger partial charge is 0.0956 e. The minimum absolute atomic E-state index is 0.129. The first-order valence-electron chi connectivity index (χ1n) is 6.01. The summed E-state index contributed by atoms with van der Waals surface area (Å²) in [7, 11) is 0. The van der Waals surface area contributed by atoms with Gasteiger partial charge in [-0.25, -0.2) is 0 Å². The molecule has 3 nitrogen and oxygen atoms in total. The Labute approximate surface area is 112 Å². The van der Waals surface area contributed by atoms with Crippen LogP contribution in [0.4, 0.5) is 0 Å². The average molecular weight is 269 g/mol. The van der Waals surface area contributed by atoms with E-state index in [4.69, 9.17) is 18.0 Å². The molecule has 1 unspecified atom stereocenters. The summed E-state index contributed by atoms with van der Waals surface area (Å²) in [5.74, 6) is 0. The van der Waals surface area contributed by atoms with E-state index in [1.54, 1.807) is 11.3 Å². The van der Waals surface area contributed by atoms with E-state index in [9.17, 15) is 0 Å². The second kappa shape index (κ2) is 5.91. The Morgan fingerprint density at radius 3 is 2.65 bits per heavy atom. The van der Waals surface area contributed by atoms with E-state index in [1.807, 2.05) is 0 Å². The van der Waals surface area contributed by atoms with E-state index in [2.05, 4.69) is 34.2 Å². The number of thiocarbonyl (C=S) groups is 1. The highest BCUT2D eigenvalue weighted by molar-refractivity contribution is 7.80. The van der Waals surface area contributed by atoms with Crippen molar-refractivity contribution in [1.82, 2.24) is 9.80 Å². The summed E-state index contributed by atoms with van der Waals surface area (Å²) in [6.07, 6.45) is 0. The van der Waals surface area contributed by atoms with Crippen LogP contribution in [0.25, 0.3) is 0 Å². The van der Waals surface area contributed by atoms with Gasteiger partial charge in [-0.05, 0) is 18.0 Å². The first-order valence-corrected chi connectivity index (χ1v) is 7.30. The van der Waals surface area contributed by atoms with Gasteiger partial charge < -0.3 is 10.6 Å². The lowest BCUT2D eigenvalue weighted by Crippen LogP contribution is -2.49. The maximum Gasteiger partial charge on any atom is 0.0956 e. The van der Waals surface area contributed by atoms with Crippen LogP contribution in [0.5, 0.6) is 0 Å². The summed E-state index contributed by atoms with van der Waals surface area (Å²) < 4.78 is 0. The molecule has 0 aromatic carbocycles. The van der Waals surface area contributed by atoms with Crippen LogP contribution in [0.15, 0.2) is 17.5 Å². The minimum Gasteiger partial charge on any atom is -0.392 e. The van der Waals surface area contributed by atoms with Crippen LogP contribution >= 0.6 is 23.6 Å². The van der Waals surface area contributed by atoms with Gasteiger partial charge in [-0.1, -0.05) is 25.2 Å². The summed E-state index contributed by atoms with van der Waals surface area (Å²) in [5, 5.41) is 2.09. The largest absolute Gasteiger partial charge is 0.392 e. The fourth-order valence-electron chi connectivity index (χ4n) is 2.28. The maximum atomic E-state index is 5.91. The molecule has 2 rings (SSSR count).